The number of ether oxygens (including phenoxy) is 1. The van der Waals surface area contributed by atoms with Gasteiger partial charge in [0.05, 0.1) is 11.5 Å². The van der Waals surface area contributed by atoms with Crippen molar-refractivity contribution < 1.29 is 14.3 Å². The zero-order valence-corrected chi connectivity index (χ0v) is 16.4. The van der Waals surface area contributed by atoms with Crippen molar-refractivity contribution in [3.63, 3.8) is 0 Å². The summed E-state index contributed by atoms with van der Waals surface area (Å²) in [5, 5.41) is 7.57. The second kappa shape index (κ2) is 9.71. The standard InChI is InChI=1S/C22H22N2O3S/c1-2-27-18-12-10-17(11-13-18)23-21(25)19(15-16-7-4-3-5-8-16)24-22(26)20-9-6-14-28-20/h3-14,19H,2,15H2,1H3,(H,23,25)(H,24,26)/t19-/m0/s1. The third-order valence-electron chi connectivity index (χ3n) is 4.08. The summed E-state index contributed by atoms with van der Waals surface area (Å²) in [5.74, 6) is 0.225. The Labute approximate surface area is 168 Å². The first-order valence-electron chi connectivity index (χ1n) is 9.07. The topological polar surface area (TPSA) is 67.4 Å². The van der Waals surface area contributed by atoms with E-state index in [9.17, 15) is 9.59 Å². The van der Waals surface area contributed by atoms with Crippen LogP contribution in [0.25, 0.3) is 0 Å². The Morgan fingerprint density at radius 3 is 2.39 bits per heavy atom. The zero-order valence-electron chi connectivity index (χ0n) is 15.6. The first-order valence-corrected chi connectivity index (χ1v) is 9.95. The molecular formula is C22H22N2O3S. The Kier molecular flexibility index (Phi) is 6.81. The predicted molar refractivity (Wildman–Crippen MR) is 112 cm³/mol. The predicted octanol–water partition coefficient (Wildman–Crippen LogP) is 4.13. The quantitative estimate of drug-likeness (QED) is 0.604. The Balaban J connectivity index is 1.72. The monoisotopic (exact) mass is 394 g/mol. The Morgan fingerprint density at radius 1 is 1.00 bits per heavy atom. The summed E-state index contributed by atoms with van der Waals surface area (Å²) in [6, 6.07) is 19.7. The van der Waals surface area contributed by atoms with Crippen LogP contribution in [-0.4, -0.2) is 24.5 Å². The van der Waals surface area contributed by atoms with Gasteiger partial charge in [0.2, 0.25) is 5.91 Å². The van der Waals surface area contributed by atoms with Crippen LogP contribution in [0.4, 0.5) is 5.69 Å². The van der Waals surface area contributed by atoms with Gasteiger partial charge in [-0.05, 0) is 48.2 Å². The van der Waals surface area contributed by atoms with E-state index < -0.39 is 6.04 Å². The first kappa shape index (κ1) is 19.6. The third-order valence-corrected chi connectivity index (χ3v) is 4.95. The number of hydrogen-bond acceptors (Lipinski definition) is 4. The van der Waals surface area contributed by atoms with E-state index in [1.807, 2.05) is 48.7 Å². The lowest BCUT2D eigenvalue weighted by molar-refractivity contribution is -0.118. The fraction of sp³-hybridized carbons (Fsp3) is 0.182. The van der Waals surface area contributed by atoms with Crippen LogP contribution in [0.2, 0.25) is 0 Å². The fourth-order valence-corrected chi connectivity index (χ4v) is 3.35. The summed E-state index contributed by atoms with van der Waals surface area (Å²) in [7, 11) is 0. The van der Waals surface area contributed by atoms with Crippen LogP contribution in [0.1, 0.15) is 22.2 Å². The third kappa shape index (κ3) is 5.44. The van der Waals surface area contributed by atoms with Crippen molar-refractivity contribution in [2.45, 2.75) is 19.4 Å². The normalized spacial score (nSPS) is 11.5. The van der Waals surface area contributed by atoms with E-state index >= 15 is 0 Å². The molecule has 1 aromatic heterocycles. The van der Waals surface area contributed by atoms with Gasteiger partial charge >= 0.3 is 0 Å². The molecule has 0 saturated carbocycles. The molecule has 0 saturated heterocycles. The first-order chi connectivity index (χ1) is 13.7. The molecule has 2 amide bonds. The minimum absolute atomic E-state index is 0.252. The SMILES string of the molecule is CCOc1ccc(NC(=O)[C@H](Cc2ccccc2)NC(=O)c2cccs2)cc1. The lowest BCUT2D eigenvalue weighted by atomic mass is 10.0. The molecule has 5 nitrogen and oxygen atoms in total. The molecule has 0 spiro atoms. The maximum atomic E-state index is 12.9. The van der Waals surface area contributed by atoms with Gasteiger partial charge in [-0.25, -0.2) is 0 Å². The summed E-state index contributed by atoms with van der Waals surface area (Å²) in [6.45, 7) is 2.50. The fourth-order valence-electron chi connectivity index (χ4n) is 2.73. The summed E-state index contributed by atoms with van der Waals surface area (Å²) in [4.78, 5) is 25.9. The molecule has 0 aliphatic heterocycles. The van der Waals surface area contributed by atoms with Crippen molar-refractivity contribution in [3.05, 3.63) is 82.6 Å². The molecule has 144 valence electrons. The Morgan fingerprint density at radius 2 is 1.75 bits per heavy atom. The molecule has 0 fully saturated rings. The van der Waals surface area contributed by atoms with Crippen LogP contribution >= 0.6 is 11.3 Å². The van der Waals surface area contributed by atoms with E-state index in [4.69, 9.17) is 4.74 Å². The summed E-state index contributed by atoms with van der Waals surface area (Å²) in [6.07, 6.45) is 0.404. The average molecular weight is 394 g/mol. The maximum absolute atomic E-state index is 12.9. The Bertz CT molecular complexity index is 893. The average Bonchev–Trinajstić information content (AvgIpc) is 3.25. The van der Waals surface area contributed by atoms with Gasteiger partial charge in [-0.3, -0.25) is 9.59 Å². The van der Waals surface area contributed by atoms with E-state index in [2.05, 4.69) is 10.6 Å². The van der Waals surface area contributed by atoms with Crippen molar-refractivity contribution in [1.29, 1.82) is 0 Å². The maximum Gasteiger partial charge on any atom is 0.262 e. The smallest absolute Gasteiger partial charge is 0.262 e. The van der Waals surface area contributed by atoms with Gasteiger partial charge in [0.25, 0.3) is 5.91 Å². The number of carbonyl (C=O) groups is 2. The zero-order chi connectivity index (χ0) is 19.8. The molecule has 1 atom stereocenters. The van der Waals surface area contributed by atoms with Crippen molar-refractivity contribution in [1.82, 2.24) is 5.32 Å². The van der Waals surface area contributed by atoms with Crippen LogP contribution in [0, 0.1) is 0 Å². The number of benzene rings is 2. The van der Waals surface area contributed by atoms with E-state index in [1.54, 1.807) is 30.3 Å². The molecule has 0 bridgehead atoms. The molecule has 2 aromatic carbocycles. The molecule has 2 N–H and O–H groups in total. The van der Waals surface area contributed by atoms with Gasteiger partial charge in [0, 0.05) is 12.1 Å². The molecule has 0 aliphatic rings. The van der Waals surface area contributed by atoms with E-state index in [0.29, 0.717) is 23.6 Å². The molecule has 6 heteroatoms. The number of nitrogens with one attached hydrogen (secondary N) is 2. The van der Waals surface area contributed by atoms with Gasteiger partial charge in [-0.1, -0.05) is 36.4 Å². The number of rotatable bonds is 8. The van der Waals surface area contributed by atoms with Crippen LogP contribution in [0.3, 0.4) is 0 Å². The van der Waals surface area contributed by atoms with Crippen LogP contribution in [0.5, 0.6) is 5.75 Å². The molecule has 0 aliphatic carbocycles. The molecule has 3 aromatic rings. The molecule has 3 rings (SSSR count). The van der Waals surface area contributed by atoms with Gasteiger partial charge in [0.15, 0.2) is 0 Å². The summed E-state index contributed by atoms with van der Waals surface area (Å²) in [5.41, 5.74) is 1.62. The summed E-state index contributed by atoms with van der Waals surface area (Å²) < 4.78 is 5.42. The van der Waals surface area contributed by atoms with E-state index in [0.717, 1.165) is 11.3 Å². The molecule has 0 radical (unpaired) electrons. The van der Waals surface area contributed by atoms with Crippen LogP contribution < -0.4 is 15.4 Å². The largest absolute Gasteiger partial charge is 0.494 e. The van der Waals surface area contributed by atoms with Crippen molar-refractivity contribution in [2.24, 2.45) is 0 Å². The molecule has 1 heterocycles. The number of thiophene rings is 1. The van der Waals surface area contributed by atoms with E-state index in [-0.39, 0.29) is 11.8 Å². The highest BCUT2D eigenvalue weighted by Gasteiger charge is 2.22. The van der Waals surface area contributed by atoms with Gasteiger partial charge in [-0.15, -0.1) is 11.3 Å². The van der Waals surface area contributed by atoms with Crippen LogP contribution in [0.15, 0.2) is 72.1 Å². The second-order valence-corrected chi connectivity index (χ2v) is 7.09. The highest BCUT2D eigenvalue weighted by molar-refractivity contribution is 7.12. The highest BCUT2D eigenvalue weighted by atomic mass is 32.1. The Hall–Kier alpha value is -3.12. The number of hydrogen-bond donors (Lipinski definition) is 2. The molecule has 28 heavy (non-hydrogen) atoms. The van der Waals surface area contributed by atoms with Crippen LogP contribution in [-0.2, 0) is 11.2 Å². The second-order valence-electron chi connectivity index (χ2n) is 6.14. The number of carbonyl (C=O) groups excluding carboxylic acids is 2. The van der Waals surface area contributed by atoms with Gasteiger partial charge in [0.1, 0.15) is 11.8 Å². The van der Waals surface area contributed by atoms with Gasteiger partial charge in [-0.2, -0.15) is 0 Å². The number of anilines is 1. The van der Waals surface area contributed by atoms with Crippen molar-refractivity contribution in [2.75, 3.05) is 11.9 Å². The minimum atomic E-state index is -0.691. The lowest BCUT2D eigenvalue weighted by Crippen LogP contribution is -2.45. The van der Waals surface area contributed by atoms with Gasteiger partial charge < -0.3 is 15.4 Å². The van der Waals surface area contributed by atoms with Crippen molar-refractivity contribution in [3.8, 4) is 5.75 Å². The summed E-state index contributed by atoms with van der Waals surface area (Å²) >= 11 is 1.34. The number of amides is 2. The highest BCUT2D eigenvalue weighted by Crippen LogP contribution is 2.17. The van der Waals surface area contributed by atoms with Crippen molar-refractivity contribution >= 4 is 28.8 Å². The minimum Gasteiger partial charge on any atom is -0.494 e. The molecular weight excluding hydrogens is 372 g/mol. The lowest BCUT2D eigenvalue weighted by Gasteiger charge is -2.18. The van der Waals surface area contributed by atoms with E-state index in [1.165, 1.54) is 11.3 Å². The molecule has 0 unspecified atom stereocenters.